The van der Waals surface area contributed by atoms with Crippen LogP contribution < -0.4 is 0 Å². The van der Waals surface area contributed by atoms with E-state index in [0.717, 1.165) is 38.9 Å². The Labute approximate surface area is 348 Å². The number of nitrogens with zero attached hydrogens (tertiary/aromatic N) is 3. The van der Waals surface area contributed by atoms with Crippen LogP contribution in [0.5, 0.6) is 0 Å². The average molecular weight is 766 g/mol. The molecule has 3 nitrogen and oxygen atoms in total. The molecule has 3 heteroatoms. The summed E-state index contributed by atoms with van der Waals surface area (Å²) in [6, 6.07) is 72.5. The van der Waals surface area contributed by atoms with Gasteiger partial charge in [-0.05, 0) is 92.4 Å². The van der Waals surface area contributed by atoms with Crippen LogP contribution in [0.15, 0.2) is 200 Å². The van der Waals surface area contributed by atoms with E-state index in [2.05, 4.69) is 206 Å². The molecule has 2 aromatic heterocycles. The lowest BCUT2D eigenvalue weighted by atomic mass is 9.79. The van der Waals surface area contributed by atoms with E-state index in [1.54, 1.807) is 0 Å². The largest absolute Gasteiger partial charge is 0.309 e. The number of rotatable bonds is 5. The zero-order valence-corrected chi connectivity index (χ0v) is 33.4. The summed E-state index contributed by atoms with van der Waals surface area (Å²) < 4.78 is 2.46. The van der Waals surface area contributed by atoms with Crippen LogP contribution in [0.2, 0.25) is 0 Å². The highest BCUT2D eigenvalue weighted by Gasteiger charge is 2.37. The third-order valence-electron chi connectivity index (χ3n) is 12.8. The Hall–Kier alpha value is -7.62. The molecule has 1 aliphatic rings. The van der Waals surface area contributed by atoms with Gasteiger partial charge in [0.25, 0.3) is 0 Å². The summed E-state index contributed by atoms with van der Waals surface area (Å²) in [5.41, 5.74) is 17.6. The number of fused-ring (bicyclic) bond motifs is 8. The molecule has 1 aliphatic carbocycles. The highest BCUT2D eigenvalue weighted by Crippen LogP contribution is 2.52. The lowest BCUT2D eigenvalue weighted by Gasteiger charge is -2.24. The van der Waals surface area contributed by atoms with Crippen molar-refractivity contribution in [2.75, 3.05) is 0 Å². The molecule has 0 spiro atoms. The Kier molecular flexibility index (Phi) is 7.58. The predicted molar refractivity (Wildman–Crippen MR) is 251 cm³/mol. The third-order valence-corrected chi connectivity index (χ3v) is 12.8. The fraction of sp³-hybridized carbons (Fsp3) is 0.0526. The Balaban J connectivity index is 1.06. The second-order valence-electron chi connectivity index (χ2n) is 16.6. The van der Waals surface area contributed by atoms with Crippen molar-refractivity contribution < 1.29 is 0 Å². The van der Waals surface area contributed by atoms with Crippen molar-refractivity contribution in [1.82, 2.24) is 14.5 Å². The average Bonchev–Trinajstić information content (AvgIpc) is 3.76. The van der Waals surface area contributed by atoms with Gasteiger partial charge in [-0.25, -0.2) is 9.97 Å². The molecule has 0 fully saturated rings. The number of aromatic nitrogens is 3. The molecule has 0 radical (unpaired) electrons. The lowest BCUT2D eigenvalue weighted by molar-refractivity contribution is 0.662. The molecule has 0 bridgehead atoms. The zero-order valence-electron chi connectivity index (χ0n) is 33.4. The van der Waals surface area contributed by atoms with E-state index in [1.807, 2.05) is 12.1 Å². The summed E-state index contributed by atoms with van der Waals surface area (Å²) in [5, 5.41) is 5.94. The molecule has 0 unspecified atom stereocenters. The van der Waals surface area contributed by atoms with Crippen LogP contribution in [0.4, 0.5) is 0 Å². The van der Waals surface area contributed by atoms with Crippen molar-refractivity contribution in [1.29, 1.82) is 0 Å². The van der Waals surface area contributed by atoms with E-state index in [9.17, 15) is 0 Å². The molecule has 0 amide bonds. The summed E-state index contributed by atoms with van der Waals surface area (Å²) in [6.07, 6.45) is 0. The van der Waals surface area contributed by atoms with Crippen LogP contribution in [-0.2, 0) is 5.41 Å². The van der Waals surface area contributed by atoms with Crippen molar-refractivity contribution in [3.8, 4) is 61.7 Å². The maximum atomic E-state index is 5.20. The SMILES string of the molecule is CC1(C)c2ccccc2-c2cccc(-c3ccc4c(c3)c3cc(-c5cccc(-c6nc(-c7ccccc7)c7ccccc7n6)c5)ccc3n4-c3cccc4ccccc34)c21. The van der Waals surface area contributed by atoms with Crippen LogP contribution in [0.25, 0.3) is 105 Å². The molecule has 282 valence electrons. The molecule has 0 N–H and O–H groups in total. The number of hydrogen-bond donors (Lipinski definition) is 0. The molecule has 12 rings (SSSR count). The minimum atomic E-state index is -0.122. The molecule has 60 heavy (non-hydrogen) atoms. The van der Waals surface area contributed by atoms with Crippen molar-refractivity contribution >= 4 is 43.5 Å². The highest BCUT2D eigenvalue weighted by atomic mass is 15.0. The van der Waals surface area contributed by atoms with Crippen molar-refractivity contribution in [3.05, 3.63) is 211 Å². The van der Waals surface area contributed by atoms with E-state index in [-0.39, 0.29) is 5.41 Å². The summed E-state index contributed by atoms with van der Waals surface area (Å²) in [5.74, 6) is 0.716. The normalized spacial score (nSPS) is 13.0. The Bertz CT molecular complexity index is 3510. The first-order valence-electron chi connectivity index (χ1n) is 20.7. The zero-order chi connectivity index (χ0) is 40.0. The number of para-hydroxylation sites is 1. The van der Waals surface area contributed by atoms with Gasteiger partial charge in [0.2, 0.25) is 0 Å². The Morgan fingerprint density at radius 2 is 1.00 bits per heavy atom. The predicted octanol–water partition coefficient (Wildman–Crippen LogP) is 14.9. The van der Waals surface area contributed by atoms with Crippen LogP contribution >= 0.6 is 0 Å². The van der Waals surface area contributed by atoms with Gasteiger partial charge >= 0.3 is 0 Å². The van der Waals surface area contributed by atoms with E-state index >= 15 is 0 Å². The first-order chi connectivity index (χ1) is 29.5. The van der Waals surface area contributed by atoms with Crippen LogP contribution in [0.3, 0.4) is 0 Å². The molecular weight excluding hydrogens is 727 g/mol. The van der Waals surface area contributed by atoms with Gasteiger partial charge in [-0.15, -0.1) is 0 Å². The summed E-state index contributed by atoms with van der Waals surface area (Å²) >= 11 is 0. The minimum Gasteiger partial charge on any atom is -0.309 e. The van der Waals surface area contributed by atoms with Crippen LogP contribution in [-0.4, -0.2) is 14.5 Å². The van der Waals surface area contributed by atoms with Crippen LogP contribution in [0, 0.1) is 0 Å². The van der Waals surface area contributed by atoms with Gasteiger partial charge in [0.15, 0.2) is 5.82 Å². The molecule has 11 aromatic rings. The van der Waals surface area contributed by atoms with Crippen LogP contribution in [0.1, 0.15) is 25.0 Å². The molecule has 2 heterocycles. The summed E-state index contributed by atoms with van der Waals surface area (Å²) in [6.45, 7) is 4.75. The lowest BCUT2D eigenvalue weighted by Crippen LogP contribution is -2.16. The maximum absolute atomic E-state index is 5.20. The monoisotopic (exact) mass is 765 g/mol. The van der Waals surface area contributed by atoms with Gasteiger partial charge < -0.3 is 4.57 Å². The first-order valence-corrected chi connectivity index (χ1v) is 20.7. The fourth-order valence-corrected chi connectivity index (χ4v) is 9.98. The van der Waals surface area contributed by atoms with Gasteiger partial charge in [-0.3, -0.25) is 0 Å². The molecule has 0 saturated carbocycles. The standard InChI is InChI=1S/C57H39N3/c1-57(2)49-26-10-8-22-44(49)45-25-14-24-43(54(45)57)40-30-32-53-48(35-40)47-34-39(29-31-52(47)60(53)51-28-13-18-36-15-6-7-21-42(36)51)38-19-12-20-41(33-38)56-58-50-27-11-9-23-46(50)55(59-56)37-16-4-3-5-17-37/h3-35H,1-2H3. The smallest absolute Gasteiger partial charge is 0.160 e. The minimum absolute atomic E-state index is 0.122. The second-order valence-corrected chi connectivity index (χ2v) is 16.6. The summed E-state index contributed by atoms with van der Waals surface area (Å²) in [7, 11) is 0. The third kappa shape index (κ3) is 5.22. The van der Waals surface area contributed by atoms with E-state index in [0.29, 0.717) is 5.82 Å². The van der Waals surface area contributed by atoms with E-state index in [1.165, 1.54) is 71.6 Å². The molecule has 0 atom stereocenters. The summed E-state index contributed by atoms with van der Waals surface area (Å²) in [4.78, 5) is 10.3. The molecular formula is C57H39N3. The maximum Gasteiger partial charge on any atom is 0.160 e. The molecule has 0 aliphatic heterocycles. The molecule has 9 aromatic carbocycles. The van der Waals surface area contributed by atoms with Gasteiger partial charge in [-0.1, -0.05) is 172 Å². The van der Waals surface area contributed by atoms with Crippen molar-refractivity contribution in [2.24, 2.45) is 0 Å². The first kappa shape index (κ1) is 34.4. The number of benzene rings is 9. The van der Waals surface area contributed by atoms with Crippen molar-refractivity contribution in [2.45, 2.75) is 19.3 Å². The van der Waals surface area contributed by atoms with Gasteiger partial charge in [0.05, 0.1) is 27.9 Å². The quantitative estimate of drug-likeness (QED) is 0.175. The topological polar surface area (TPSA) is 30.7 Å². The van der Waals surface area contributed by atoms with Crippen molar-refractivity contribution in [3.63, 3.8) is 0 Å². The van der Waals surface area contributed by atoms with Gasteiger partial charge in [-0.2, -0.15) is 0 Å². The second kappa shape index (κ2) is 13.2. The Morgan fingerprint density at radius 3 is 1.87 bits per heavy atom. The fourth-order valence-electron chi connectivity index (χ4n) is 9.98. The molecule has 0 saturated heterocycles. The Morgan fingerprint density at radius 1 is 0.400 bits per heavy atom. The highest BCUT2D eigenvalue weighted by molar-refractivity contribution is 6.13. The van der Waals surface area contributed by atoms with E-state index < -0.39 is 0 Å². The number of hydrogen-bond acceptors (Lipinski definition) is 2. The van der Waals surface area contributed by atoms with E-state index in [4.69, 9.17) is 9.97 Å². The van der Waals surface area contributed by atoms with Gasteiger partial charge in [0, 0.05) is 38.1 Å². The van der Waals surface area contributed by atoms with Gasteiger partial charge in [0.1, 0.15) is 0 Å².